The summed E-state index contributed by atoms with van der Waals surface area (Å²) in [4.78, 5) is 22.6. The molecule has 0 fully saturated rings. The summed E-state index contributed by atoms with van der Waals surface area (Å²) in [6, 6.07) is 7.08. The van der Waals surface area contributed by atoms with Crippen molar-refractivity contribution in [3.8, 4) is 5.75 Å². The molecule has 0 aliphatic rings. The summed E-state index contributed by atoms with van der Waals surface area (Å²) < 4.78 is 5.51. The van der Waals surface area contributed by atoms with E-state index in [9.17, 15) is 9.59 Å². The molecule has 0 aliphatic carbocycles. The first-order valence-electron chi connectivity index (χ1n) is 5.78. The summed E-state index contributed by atoms with van der Waals surface area (Å²) in [5.41, 5.74) is 0.601. The van der Waals surface area contributed by atoms with Crippen LogP contribution in [0, 0.1) is 0 Å². The van der Waals surface area contributed by atoms with E-state index in [2.05, 4.69) is 0 Å². The second-order valence-corrected chi connectivity index (χ2v) is 4.32. The first-order valence-corrected chi connectivity index (χ1v) is 5.78. The van der Waals surface area contributed by atoms with Gasteiger partial charge in [0.15, 0.2) is 5.78 Å². The van der Waals surface area contributed by atoms with Crippen molar-refractivity contribution in [2.45, 2.75) is 39.7 Å². The Bertz CT molecular complexity index is 408. The molecule has 0 spiro atoms. The molecular weight excluding hydrogens is 216 g/mol. The molecule has 0 aromatic heterocycles. The fourth-order valence-electron chi connectivity index (χ4n) is 1.45. The molecular formula is C14H18O3. The first-order chi connectivity index (χ1) is 7.99. The van der Waals surface area contributed by atoms with Gasteiger partial charge < -0.3 is 9.53 Å². The van der Waals surface area contributed by atoms with Crippen molar-refractivity contribution in [3.63, 3.8) is 0 Å². The molecule has 0 saturated carbocycles. The molecule has 0 atom stereocenters. The Morgan fingerprint density at radius 2 is 1.94 bits per heavy atom. The Morgan fingerprint density at radius 3 is 2.53 bits per heavy atom. The highest BCUT2D eigenvalue weighted by Gasteiger charge is 2.08. The lowest BCUT2D eigenvalue weighted by molar-refractivity contribution is -0.116. The molecule has 0 heterocycles. The molecule has 0 unspecified atom stereocenters. The van der Waals surface area contributed by atoms with Crippen molar-refractivity contribution >= 4 is 11.6 Å². The van der Waals surface area contributed by atoms with E-state index in [4.69, 9.17) is 4.74 Å². The van der Waals surface area contributed by atoms with Gasteiger partial charge in [-0.15, -0.1) is 0 Å². The molecule has 0 saturated heterocycles. The van der Waals surface area contributed by atoms with Crippen LogP contribution in [0.15, 0.2) is 24.3 Å². The number of ether oxygens (including phenoxy) is 1. The van der Waals surface area contributed by atoms with E-state index in [0.717, 1.165) is 0 Å². The second kappa shape index (κ2) is 6.18. The number of hydrogen-bond donors (Lipinski definition) is 0. The second-order valence-electron chi connectivity index (χ2n) is 4.32. The zero-order valence-electron chi connectivity index (χ0n) is 10.5. The summed E-state index contributed by atoms with van der Waals surface area (Å²) in [5, 5.41) is 0. The zero-order chi connectivity index (χ0) is 12.8. The average Bonchev–Trinajstić information content (AvgIpc) is 2.25. The van der Waals surface area contributed by atoms with Gasteiger partial charge in [0.25, 0.3) is 0 Å². The van der Waals surface area contributed by atoms with E-state index >= 15 is 0 Å². The van der Waals surface area contributed by atoms with Gasteiger partial charge in [-0.05, 0) is 32.9 Å². The minimum atomic E-state index is -0.0191. The van der Waals surface area contributed by atoms with Crippen LogP contribution in [0.1, 0.15) is 44.0 Å². The maximum Gasteiger partial charge on any atom is 0.163 e. The lowest BCUT2D eigenvalue weighted by Gasteiger charge is -2.10. The highest BCUT2D eigenvalue weighted by Crippen LogP contribution is 2.16. The van der Waals surface area contributed by atoms with Crippen molar-refractivity contribution in [1.29, 1.82) is 0 Å². The molecule has 1 aromatic carbocycles. The number of hydrogen-bond acceptors (Lipinski definition) is 3. The molecule has 0 amide bonds. The highest BCUT2D eigenvalue weighted by molar-refractivity contribution is 5.98. The fraction of sp³-hybridized carbons (Fsp3) is 0.429. The SMILES string of the molecule is CC(=O)CCC(=O)c1cccc(OC(C)C)c1. The smallest absolute Gasteiger partial charge is 0.163 e. The molecule has 92 valence electrons. The van der Waals surface area contributed by atoms with Gasteiger partial charge >= 0.3 is 0 Å². The van der Waals surface area contributed by atoms with Gasteiger partial charge in [0, 0.05) is 18.4 Å². The number of benzene rings is 1. The van der Waals surface area contributed by atoms with Gasteiger partial charge in [0.2, 0.25) is 0 Å². The quantitative estimate of drug-likeness (QED) is 0.710. The van der Waals surface area contributed by atoms with Crippen molar-refractivity contribution in [2.75, 3.05) is 0 Å². The molecule has 3 heteroatoms. The normalized spacial score (nSPS) is 10.4. The molecule has 17 heavy (non-hydrogen) atoms. The molecule has 0 bridgehead atoms. The molecule has 1 rings (SSSR count). The Kier molecular flexibility index (Phi) is 4.88. The van der Waals surface area contributed by atoms with Crippen LogP contribution in [0.5, 0.6) is 5.75 Å². The Morgan fingerprint density at radius 1 is 1.24 bits per heavy atom. The number of Topliss-reactive ketones (excluding diaryl/α,β-unsaturated/α-hetero) is 2. The van der Waals surface area contributed by atoms with E-state index < -0.39 is 0 Å². The minimum absolute atomic E-state index is 0.0191. The number of carbonyl (C=O) groups is 2. The summed E-state index contributed by atoms with van der Waals surface area (Å²) in [6.45, 7) is 5.36. The first kappa shape index (κ1) is 13.4. The number of carbonyl (C=O) groups excluding carboxylic acids is 2. The van der Waals surface area contributed by atoms with E-state index in [-0.39, 0.29) is 24.1 Å². The van der Waals surface area contributed by atoms with E-state index in [1.54, 1.807) is 18.2 Å². The van der Waals surface area contributed by atoms with Crippen LogP contribution in [-0.2, 0) is 4.79 Å². The lowest BCUT2D eigenvalue weighted by atomic mass is 10.1. The summed E-state index contributed by atoms with van der Waals surface area (Å²) in [7, 11) is 0. The molecule has 0 N–H and O–H groups in total. The minimum Gasteiger partial charge on any atom is -0.491 e. The van der Waals surface area contributed by atoms with Crippen LogP contribution < -0.4 is 4.74 Å². The van der Waals surface area contributed by atoms with Gasteiger partial charge in [0.05, 0.1) is 6.10 Å². The topological polar surface area (TPSA) is 43.4 Å². The van der Waals surface area contributed by atoms with Gasteiger partial charge in [-0.3, -0.25) is 4.79 Å². The predicted octanol–water partition coefficient (Wildman–Crippen LogP) is 3.03. The van der Waals surface area contributed by atoms with E-state index in [0.29, 0.717) is 17.7 Å². The van der Waals surface area contributed by atoms with E-state index in [1.165, 1.54) is 6.92 Å². The van der Waals surface area contributed by atoms with Crippen LogP contribution in [0.2, 0.25) is 0 Å². The third-order valence-corrected chi connectivity index (χ3v) is 2.23. The van der Waals surface area contributed by atoms with Crippen LogP contribution in [0.3, 0.4) is 0 Å². The third-order valence-electron chi connectivity index (χ3n) is 2.23. The van der Waals surface area contributed by atoms with Crippen molar-refractivity contribution in [1.82, 2.24) is 0 Å². The van der Waals surface area contributed by atoms with Crippen LogP contribution >= 0.6 is 0 Å². The van der Waals surface area contributed by atoms with Gasteiger partial charge in [-0.2, -0.15) is 0 Å². The van der Waals surface area contributed by atoms with Gasteiger partial charge in [-0.25, -0.2) is 0 Å². The van der Waals surface area contributed by atoms with Crippen LogP contribution in [0.4, 0.5) is 0 Å². The summed E-state index contributed by atoms with van der Waals surface area (Å²) in [5.74, 6) is 0.705. The fourth-order valence-corrected chi connectivity index (χ4v) is 1.45. The van der Waals surface area contributed by atoms with Crippen molar-refractivity contribution in [3.05, 3.63) is 29.8 Å². The Balaban J connectivity index is 2.70. The third kappa shape index (κ3) is 4.81. The average molecular weight is 234 g/mol. The number of ketones is 2. The van der Waals surface area contributed by atoms with Gasteiger partial charge in [0.1, 0.15) is 11.5 Å². The molecule has 0 radical (unpaired) electrons. The maximum atomic E-state index is 11.8. The Hall–Kier alpha value is -1.64. The molecule has 1 aromatic rings. The monoisotopic (exact) mass is 234 g/mol. The Labute approximate surface area is 102 Å². The summed E-state index contributed by atoms with van der Waals surface area (Å²) >= 11 is 0. The standard InChI is InChI=1S/C14H18O3/c1-10(2)17-13-6-4-5-12(9-13)14(16)8-7-11(3)15/h4-6,9-10H,7-8H2,1-3H3. The largest absolute Gasteiger partial charge is 0.491 e. The summed E-state index contributed by atoms with van der Waals surface area (Å²) in [6.07, 6.45) is 0.645. The van der Waals surface area contributed by atoms with Gasteiger partial charge in [-0.1, -0.05) is 12.1 Å². The highest BCUT2D eigenvalue weighted by atomic mass is 16.5. The predicted molar refractivity (Wildman–Crippen MR) is 66.5 cm³/mol. The van der Waals surface area contributed by atoms with Crippen molar-refractivity contribution in [2.24, 2.45) is 0 Å². The lowest BCUT2D eigenvalue weighted by Crippen LogP contribution is -2.07. The van der Waals surface area contributed by atoms with Crippen molar-refractivity contribution < 1.29 is 14.3 Å². The van der Waals surface area contributed by atoms with E-state index in [1.807, 2.05) is 19.9 Å². The molecule has 0 aliphatic heterocycles. The molecule has 3 nitrogen and oxygen atoms in total. The van der Waals surface area contributed by atoms with Crippen LogP contribution in [-0.4, -0.2) is 17.7 Å². The van der Waals surface area contributed by atoms with Crippen LogP contribution in [0.25, 0.3) is 0 Å². The zero-order valence-corrected chi connectivity index (χ0v) is 10.5. The number of rotatable bonds is 6. The maximum absolute atomic E-state index is 11.8.